The molecule has 0 aliphatic heterocycles. The van der Waals surface area contributed by atoms with Gasteiger partial charge in [-0.3, -0.25) is 0 Å². The molecule has 0 aromatic rings. The molecule has 5 rings (SSSR count). The van der Waals surface area contributed by atoms with Gasteiger partial charge in [0, 0.05) is 10.2 Å². The van der Waals surface area contributed by atoms with Crippen molar-refractivity contribution in [1.29, 1.82) is 0 Å². The highest BCUT2D eigenvalue weighted by molar-refractivity contribution is 6.08. The molecule has 0 nitrogen and oxygen atoms in total. The van der Waals surface area contributed by atoms with Crippen LogP contribution in [-0.2, 0) is 0 Å². The molecule has 5 aliphatic rings. The minimum Gasteiger partial charge on any atom is -0.0656 e. The second-order valence-electron chi connectivity index (χ2n) is 9.07. The molecule has 19 heavy (non-hydrogen) atoms. The fourth-order valence-corrected chi connectivity index (χ4v) is 8.67. The maximum absolute atomic E-state index is 2.64. The third kappa shape index (κ3) is 1.28. The van der Waals surface area contributed by atoms with Crippen LogP contribution in [-0.4, -0.2) is 10.2 Å². The summed E-state index contributed by atoms with van der Waals surface area (Å²) in [6, 6.07) is 1.56. The van der Waals surface area contributed by atoms with Gasteiger partial charge in [0.15, 0.2) is 0 Å². The average molecular weight is 275 g/mol. The Morgan fingerprint density at radius 1 is 0.842 bits per heavy atom. The highest BCUT2D eigenvalue weighted by atomic mass is 28.1. The Balaban J connectivity index is 1.36. The van der Waals surface area contributed by atoms with E-state index in [1.165, 1.54) is 57.6 Å². The summed E-state index contributed by atoms with van der Waals surface area (Å²) in [6.07, 6.45) is 6.45. The molecule has 11 atom stereocenters. The molecule has 0 bridgehead atoms. The van der Waals surface area contributed by atoms with Crippen LogP contribution in [0.25, 0.3) is 0 Å². The van der Waals surface area contributed by atoms with Crippen LogP contribution in [0.3, 0.4) is 0 Å². The van der Waals surface area contributed by atoms with Crippen molar-refractivity contribution in [3.8, 4) is 0 Å². The Hall–Kier alpha value is 0.217. The Kier molecular flexibility index (Phi) is 2.30. The van der Waals surface area contributed by atoms with E-state index in [-0.39, 0.29) is 0 Å². The van der Waals surface area contributed by atoms with Gasteiger partial charge in [-0.1, -0.05) is 26.3 Å². The van der Waals surface area contributed by atoms with Gasteiger partial charge >= 0.3 is 0 Å². The molecule has 0 saturated heterocycles. The second kappa shape index (κ2) is 3.70. The zero-order valence-electron chi connectivity index (χ0n) is 12.9. The van der Waals surface area contributed by atoms with Crippen molar-refractivity contribution >= 4 is 10.2 Å². The standard InChI is InChI=1S/C18H30Si/c1-8-5-10(3-4-19)17-14(8)18-15(9(2)16(17)18)13-7-11-6-12(11)13/h8-18H,3-7H2,1-2,19H3. The first-order valence-corrected chi connectivity index (χ1v) is 10.6. The minimum atomic E-state index is 1.08. The maximum atomic E-state index is 2.64. The van der Waals surface area contributed by atoms with Gasteiger partial charge in [0.25, 0.3) is 0 Å². The first kappa shape index (κ1) is 11.8. The second-order valence-corrected chi connectivity index (χ2v) is 10.1. The number of fused-ring (bicyclic) bond motifs is 5. The summed E-state index contributed by atoms with van der Waals surface area (Å²) in [5.74, 6) is 12.9. The Morgan fingerprint density at radius 3 is 2.26 bits per heavy atom. The lowest BCUT2D eigenvalue weighted by Crippen LogP contribution is -2.66. The van der Waals surface area contributed by atoms with Gasteiger partial charge < -0.3 is 0 Å². The minimum absolute atomic E-state index is 1.08. The van der Waals surface area contributed by atoms with Gasteiger partial charge in [-0.15, -0.1) is 0 Å². The first-order chi connectivity index (χ1) is 9.22. The molecule has 0 spiro atoms. The first-order valence-electron chi connectivity index (χ1n) is 9.22. The number of hydrogen-bond acceptors (Lipinski definition) is 0. The van der Waals surface area contributed by atoms with Crippen LogP contribution < -0.4 is 0 Å². The predicted octanol–water partition coefficient (Wildman–Crippen LogP) is 3.22. The highest BCUT2D eigenvalue weighted by Crippen LogP contribution is 2.78. The van der Waals surface area contributed by atoms with Crippen LogP contribution in [0, 0.1) is 65.1 Å². The molecule has 0 amide bonds. The van der Waals surface area contributed by atoms with E-state index in [0.717, 1.165) is 17.8 Å². The third-order valence-corrected chi connectivity index (χ3v) is 9.15. The normalized spacial score (nSPS) is 68.2. The van der Waals surface area contributed by atoms with E-state index in [0.29, 0.717) is 0 Å². The lowest BCUT2D eigenvalue weighted by molar-refractivity contribution is -0.232. The highest BCUT2D eigenvalue weighted by Gasteiger charge is 2.72. The fraction of sp³-hybridized carbons (Fsp3) is 1.00. The molecular formula is C18H30Si. The van der Waals surface area contributed by atoms with Crippen molar-refractivity contribution in [1.82, 2.24) is 0 Å². The quantitative estimate of drug-likeness (QED) is 0.693. The third-order valence-electron chi connectivity index (χ3n) is 8.57. The summed E-state index contributed by atoms with van der Waals surface area (Å²) in [7, 11) is 1.43. The Morgan fingerprint density at radius 2 is 1.63 bits per heavy atom. The van der Waals surface area contributed by atoms with Crippen LogP contribution in [0.1, 0.15) is 39.5 Å². The molecule has 0 N–H and O–H groups in total. The molecule has 11 unspecified atom stereocenters. The van der Waals surface area contributed by atoms with Gasteiger partial charge in [0.2, 0.25) is 0 Å². The molecule has 5 saturated carbocycles. The molecule has 0 heterocycles. The van der Waals surface area contributed by atoms with Crippen molar-refractivity contribution in [2.75, 3.05) is 0 Å². The zero-order valence-corrected chi connectivity index (χ0v) is 14.9. The van der Waals surface area contributed by atoms with Gasteiger partial charge in [-0.05, 0) is 84.4 Å². The van der Waals surface area contributed by atoms with E-state index in [9.17, 15) is 0 Å². The smallest absolute Gasteiger partial charge is 0.00281 e. The van der Waals surface area contributed by atoms with E-state index in [2.05, 4.69) is 13.8 Å². The summed E-state index contributed by atoms with van der Waals surface area (Å²) in [5.41, 5.74) is 0. The molecule has 5 fully saturated rings. The maximum Gasteiger partial charge on any atom is 0.00281 e. The van der Waals surface area contributed by atoms with Crippen molar-refractivity contribution in [2.45, 2.75) is 45.6 Å². The van der Waals surface area contributed by atoms with E-state index in [1.54, 1.807) is 31.7 Å². The van der Waals surface area contributed by atoms with Crippen LogP contribution in [0.4, 0.5) is 0 Å². The topological polar surface area (TPSA) is 0 Å². The fourth-order valence-electron chi connectivity index (χ4n) is 7.93. The molecule has 106 valence electrons. The van der Waals surface area contributed by atoms with Crippen molar-refractivity contribution in [3.05, 3.63) is 0 Å². The zero-order chi connectivity index (χ0) is 12.9. The molecular weight excluding hydrogens is 244 g/mol. The average Bonchev–Trinajstić information content (AvgIpc) is 2.89. The number of rotatable bonds is 3. The SMILES string of the molecule is CC1CC(CC[SiH3])C2C1C1C(C3CC4CC43)C(C)C21. The molecule has 0 aromatic carbocycles. The van der Waals surface area contributed by atoms with Crippen LogP contribution in [0.15, 0.2) is 0 Å². The van der Waals surface area contributed by atoms with Crippen molar-refractivity contribution in [2.24, 2.45) is 65.1 Å². The van der Waals surface area contributed by atoms with Gasteiger partial charge in [-0.2, -0.15) is 0 Å². The summed E-state index contributed by atoms with van der Waals surface area (Å²) in [6.45, 7) is 5.24. The summed E-state index contributed by atoms with van der Waals surface area (Å²) in [5, 5.41) is 0. The number of hydrogen-bond donors (Lipinski definition) is 0. The van der Waals surface area contributed by atoms with Crippen molar-refractivity contribution < 1.29 is 0 Å². The molecule has 1 heteroatoms. The predicted molar refractivity (Wildman–Crippen MR) is 83.0 cm³/mol. The largest absolute Gasteiger partial charge is 0.0656 e. The van der Waals surface area contributed by atoms with Crippen LogP contribution in [0.2, 0.25) is 6.04 Å². The Labute approximate surface area is 121 Å². The monoisotopic (exact) mass is 274 g/mol. The van der Waals surface area contributed by atoms with Gasteiger partial charge in [-0.25, -0.2) is 0 Å². The summed E-state index contributed by atoms with van der Waals surface area (Å²) >= 11 is 0. The van der Waals surface area contributed by atoms with Gasteiger partial charge in [0.05, 0.1) is 0 Å². The van der Waals surface area contributed by atoms with E-state index in [4.69, 9.17) is 0 Å². The summed E-state index contributed by atoms with van der Waals surface area (Å²) in [4.78, 5) is 0. The summed E-state index contributed by atoms with van der Waals surface area (Å²) < 4.78 is 0. The van der Waals surface area contributed by atoms with E-state index in [1.807, 2.05) is 0 Å². The molecule has 0 aromatic heterocycles. The lowest BCUT2D eigenvalue weighted by atomic mass is 9.34. The Bertz CT molecular complexity index is 404. The van der Waals surface area contributed by atoms with E-state index < -0.39 is 0 Å². The van der Waals surface area contributed by atoms with Crippen molar-refractivity contribution in [3.63, 3.8) is 0 Å². The van der Waals surface area contributed by atoms with E-state index >= 15 is 0 Å². The lowest BCUT2D eigenvalue weighted by Gasteiger charge is -2.70. The molecule has 0 radical (unpaired) electrons. The molecule has 5 aliphatic carbocycles. The van der Waals surface area contributed by atoms with Crippen LogP contribution >= 0.6 is 0 Å². The van der Waals surface area contributed by atoms with Crippen LogP contribution in [0.5, 0.6) is 0 Å². The van der Waals surface area contributed by atoms with Gasteiger partial charge in [0.1, 0.15) is 0 Å².